The first-order valence-corrected chi connectivity index (χ1v) is 8.64. The van der Waals surface area contributed by atoms with E-state index in [1.54, 1.807) is 12.1 Å². The summed E-state index contributed by atoms with van der Waals surface area (Å²) in [6, 6.07) is 5.18. The molecule has 1 heterocycles. The van der Waals surface area contributed by atoms with Gasteiger partial charge in [0.05, 0.1) is 17.3 Å². The minimum atomic E-state index is -0.473. The van der Waals surface area contributed by atoms with E-state index in [1.807, 2.05) is 33.8 Å². The van der Waals surface area contributed by atoms with E-state index in [9.17, 15) is 5.11 Å². The smallest absolute Gasteiger partial charge is 0.498 e. The quantitative estimate of drug-likeness (QED) is 0.868. The molecule has 4 nitrogen and oxygen atoms in total. The maximum absolute atomic E-state index is 9.85. The van der Waals surface area contributed by atoms with Gasteiger partial charge < -0.3 is 19.2 Å². The van der Waals surface area contributed by atoms with Crippen molar-refractivity contribution in [2.45, 2.75) is 77.1 Å². The van der Waals surface area contributed by atoms with Crippen LogP contribution in [0.3, 0.4) is 0 Å². The van der Waals surface area contributed by atoms with Crippen LogP contribution in [-0.4, -0.2) is 29.5 Å². The van der Waals surface area contributed by atoms with Gasteiger partial charge in [-0.2, -0.15) is 0 Å². The van der Waals surface area contributed by atoms with Gasteiger partial charge in [0, 0.05) is 11.5 Å². The Morgan fingerprint density at radius 2 is 1.65 bits per heavy atom. The van der Waals surface area contributed by atoms with Crippen LogP contribution in [0.1, 0.15) is 59.8 Å². The standard InChI is InChI=1S/C18H27BO4/c1-17(2)18(3,4)23-19(22-17)15-11-10-13(20)12-16(15)21-14-8-6-5-7-9-14/h10-12,14,20H,5-9H2,1-4H3. The molecule has 0 radical (unpaired) electrons. The number of phenols is 1. The number of aromatic hydroxyl groups is 1. The largest absolute Gasteiger partial charge is 0.508 e. The fourth-order valence-electron chi connectivity index (χ4n) is 3.15. The third kappa shape index (κ3) is 3.36. The molecule has 0 spiro atoms. The summed E-state index contributed by atoms with van der Waals surface area (Å²) in [5.41, 5.74) is 0.0713. The second-order valence-electron chi connectivity index (χ2n) is 7.69. The lowest BCUT2D eigenvalue weighted by atomic mass is 9.78. The van der Waals surface area contributed by atoms with Crippen LogP contribution >= 0.6 is 0 Å². The molecule has 1 aliphatic heterocycles. The van der Waals surface area contributed by atoms with Crippen LogP contribution in [0.2, 0.25) is 0 Å². The summed E-state index contributed by atoms with van der Waals surface area (Å²) in [4.78, 5) is 0. The van der Waals surface area contributed by atoms with Crippen LogP contribution in [0.4, 0.5) is 0 Å². The van der Waals surface area contributed by atoms with Gasteiger partial charge in [-0.25, -0.2) is 0 Å². The number of phenolic OH excluding ortho intramolecular Hbond substituents is 1. The summed E-state index contributed by atoms with van der Waals surface area (Å²) >= 11 is 0. The topological polar surface area (TPSA) is 47.9 Å². The second kappa shape index (κ2) is 6.02. The van der Waals surface area contributed by atoms with Crippen LogP contribution < -0.4 is 10.2 Å². The Bertz CT molecular complexity index is 548. The summed E-state index contributed by atoms with van der Waals surface area (Å²) in [5.74, 6) is 0.881. The first kappa shape index (κ1) is 16.7. The molecular formula is C18H27BO4. The molecular weight excluding hydrogens is 291 g/mol. The van der Waals surface area contributed by atoms with Crippen LogP contribution in [0.25, 0.3) is 0 Å². The fraction of sp³-hybridized carbons (Fsp3) is 0.667. The van der Waals surface area contributed by atoms with E-state index >= 15 is 0 Å². The minimum absolute atomic E-state index is 0.205. The van der Waals surface area contributed by atoms with E-state index in [-0.39, 0.29) is 11.9 Å². The van der Waals surface area contributed by atoms with Crippen molar-refractivity contribution in [3.8, 4) is 11.5 Å². The van der Waals surface area contributed by atoms with Crippen LogP contribution in [-0.2, 0) is 9.31 Å². The van der Waals surface area contributed by atoms with Crippen molar-refractivity contribution in [2.75, 3.05) is 0 Å². The van der Waals surface area contributed by atoms with Gasteiger partial charge in [0.25, 0.3) is 0 Å². The molecule has 0 aromatic heterocycles. The second-order valence-corrected chi connectivity index (χ2v) is 7.69. The van der Waals surface area contributed by atoms with Crippen molar-refractivity contribution in [3.63, 3.8) is 0 Å². The molecule has 3 rings (SSSR count). The first-order chi connectivity index (χ1) is 10.8. The molecule has 1 saturated heterocycles. The van der Waals surface area contributed by atoms with Crippen molar-refractivity contribution in [1.29, 1.82) is 0 Å². The van der Waals surface area contributed by atoms with Crippen LogP contribution in [0, 0.1) is 0 Å². The van der Waals surface area contributed by atoms with Gasteiger partial charge in [-0.05, 0) is 59.4 Å². The minimum Gasteiger partial charge on any atom is -0.508 e. The number of ether oxygens (including phenoxy) is 1. The van der Waals surface area contributed by atoms with Gasteiger partial charge in [-0.1, -0.05) is 12.5 Å². The molecule has 126 valence electrons. The van der Waals surface area contributed by atoms with E-state index in [0.29, 0.717) is 5.75 Å². The Hall–Kier alpha value is -1.20. The number of hydrogen-bond acceptors (Lipinski definition) is 4. The molecule has 1 aromatic carbocycles. The molecule has 1 saturated carbocycles. The van der Waals surface area contributed by atoms with Gasteiger partial charge in [0.1, 0.15) is 11.5 Å². The molecule has 0 unspecified atom stereocenters. The van der Waals surface area contributed by atoms with E-state index < -0.39 is 18.3 Å². The highest BCUT2D eigenvalue weighted by atomic mass is 16.7. The lowest BCUT2D eigenvalue weighted by Gasteiger charge is -2.32. The summed E-state index contributed by atoms with van der Waals surface area (Å²) in [7, 11) is -0.473. The van der Waals surface area contributed by atoms with Crippen molar-refractivity contribution in [3.05, 3.63) is 18.2 Å². The van der Waals surface area contributed by atoms with E-state index in [1.165, 1.54) is 19.3 Å². The highest BCUT2D eigenvalue weighted by Gasteiger charge is 2.52. The lowest BCUT2D eigenvalue weighted by Crippen LogP contribution is -2.41. The summed E-state index contributed by atoms with van der Waals surface area (Å²) in [6.07, 6.45) is 6.04. The lowest BCUT2D eigenvalue weighted by molar-refractivity contribution is 0.00578. The van der Waals surface area contributed by atoms with Crippen molar-refractivity contribution in [1.82, 2.24) is 0 Å². The molecule has 0 bridgehead atoms. The molecule has 0 amide bonds. The maximum atomic E-state index is 9.85. The van der Waals surface area contributed by atoms with Crippen LogP contribution in [0.15, 0.2) is 18.2 Å². The highest BCUT2D eigenvalue weighted by molar-refractivity contribution is 6.63. The van der Waals surface area contributed by atoms with Gasteiger partial charge >= 0.3 is 7.12 Å². The normalized spacial score (nSPS) is 23.9. The van der Waals surface area contributed by atoms with E-state index in [2.05, 4.69) is 0 Å². The third-order valence-electron chi connectivity index (χ3n) is 5.35. The summed E-state index contributed by atoms with van der Waals surface area (Å²) in [5, 5.41) is 9.85. The molecule has 2 aliphatic rings. The molecule has 0 atom stereocenters. The van der Waals surface area contributed by atoms with Crippen molar-refractivity contribution >= 4 is 12.6 Å². The Balaban J connectivity index is 1.85. The maximum Gasteiger partial charge on any atom is 0.498 e. The number of rotatable bonds is 3. The Morgan fingerprint density at radius 3 is 2.26 bits per heavy atom. The Kier molecular flexibility index (Phi) is 4.36. The number of benzene rings is 1. The van der Waals surface area contributed by atoms with Gasteiger partial charge in [-0.15, -0.1) is 0 Å². The van der Waals surface area contributed by atoms with Gasteiger partial charge in [0.15, 0.2) is 0 Å². The Morgan fingerprint density at radius 1 is 1.04 bits per heavy atom. The zero-order valence-corrected chi connectivity index (χ0v) is 14.6. The highest BCUT2D eigenvalue weighted by Crippen LogP contribution is 2.37. The SMILES string of the molecule is CC1(C)OB(c2ccc(O)cc2OC2CCCCC2)OC1(C)C. The molecule has 1 N–H and O–H groups in total. The van der Waals surface area contributed by atoms with Gasteiger partial charge in [-0.3, -0.25) is 0 Å². The fourth-order valence-corrected chi connectivity index (χ4v) is 3.15. The monoisotopic (exact) mass is 318 g/mol. The molecule has 1 aromatic rings. The van der Waals surface area contributed by atoms with Crippen molar-refractivity contribution in [2.24, 2.45) is 0 Å². The van der Waals surface area contributed by atoms with E-state index in [4.69, 9.17) is 14.0 Å². The average molecular weight is 318 g/mol. The summed E-state index contributed by atoms with van der Waals surface area (Å²) < 4.78 is 18.5. The van der Waals surface area contributed by atoms with Gasteiger partial charge in [0.2, 0.25) is 0 Å². The average Bonchev–Trinajstić information content (AvgIpc) is 2.68. The molecule has 5 heteroatoms. The predicted octanol–water partition coefficient (Wildman–Crippen LogP) is 3.40. The zero-order valence-electron chi connectivity index (χ0n) is 14.6. The molecule has 1 aliphatic carbocycles. The number of hydrogen-bond donors (Lipinski definition) is 1. The predicted molar refractivity (Wildman–Crippen MR) is 91.3 cm³/mol. The van der Waals surface area contributed by atoms with Crippen molar-refractivity contribution < 1.29 is 19.2 Å². The zero-order chi connectivity index (χ0) is 16.7. The first-order valence-electron chi connectivity index (χ1n) is 8.64. The van der Waals surface area contributed by atoms with E-state index in [0.717, 1.165) is 18.3 Å². The van der Waals surface area contributed by atoms with Crippen LogP contribution in [0.5, 0.6) is 11.5 Å². The molecule has 2 fully saturated rings. The third-order valence-corrected chi connectivity index (χ3v) is 5.35. The summed E-state index contributed by atoms with van der Waals surface area (Å²) in [6.45, 7) is 8.15. The Labute approximate surface area is 139 Å². The molecule has 23 heavy (non-hydrogen) atoms.